The number of halogens is 2. The van der Waals surface area contributed by atoms with Crippen molar-refractivity contribution in [2.24, 2.45) is 16.7 Å². The largest absolute Gasteiger partial charge is 0.489 e. The molecule has 15 heteroatoms. The first-order chi connectivity index (χ1) is 28.1. The number of anilines is 2. The van der Waals surface area contributed by atoms with Crippen molar-refractivity contribution < 1.29 is 33.1 Å². The second-order valence-corrected chi connectivity index (χ2v) is 17.9. The Morgan fingerprint density at radius 2 is 1.59 bits per heavy atom. The average Bonchev–Trinajstić information content (AvgIpc) is 3.76. The summed E-state index contributed by atoms with van der Waals surface area (Å²) >= 11 is 6.24. The number of nitrogens with zero attached hydrogens (tertiary/aromatic N) is 5. The van der Waals surface area contributed by atoms with Crippen LogP contribution in [0.2, 0.25) is 5.02 Å². The summed E-state index contributed by atoms with van der Waals surface area (Å²) in [6.45, 7) is 13.7. The van der Waals surface area contributed by atoms with Crippen LogP contribution in [0.3, 0.4) is 0 Å². The van der Waals surface area contributed by atoms with Gasteiger partial charge in [0.05, 0.1) is 27.4 Å². The third-order valence-electron chi connectivity index (χ3n) is 12.9. The number of carbonyl (C=O) groups excluding carboxylic acids is 5. The number of hydrogen-bond acceptors (Lipinski definition) is 10. The van der Waals surface area contributed by atoms with Gasteiger partial charge in [0.25, 0.3) is 17.7 Å². The summed E-state index contributed by atoms with van der Waals surface area (Å²) < 4.78 is 21.9. The molecule has 308 valence electrons. The van der Waals surface area contributed by atoms with E-state index < -0.39 is 35.5 Å². The highest BCUT2D eigenvalue weighted by atomic mass is 35.5. The highest BCUT2D eigenvalue weighted by molar-refractivity contribution is 6.31. The van der Waals surface area contributed by atoms with Crippen molar-refractivity contribution in [3.63, 3.8) is 0 Å². The van der Waals surface area contributed by atoms with Gasteiger partial charge in [-0.2, -0.15) is 5.26 Å². The van der Waals surface area contributed by atoms with Gasteiger partial charge >= 0.3 is 0 Å². The quantitative estimate of drug-likeness (QED) is 0.282. The highest BCUT2D eigenvalue weighted by Crippen LogP contribution is 2.55. The first-order valence-electron chi connectivity index (χ1n) is 20.1. The summed E-state index contributed by atoms with van der Waals surface area (Å²) in [5, 5.41) is 15.0. The molecule has 1 unspecified atom stereocenters. The van der Waals surface area contributed by atoms with Gasteiger partial charge in [-0.05, 0) is 67.3 Å². The number of rotatable bonds is 9. The predicted molar refractivity (Wildman–Crippen MR) is 218 cm³/mol. The zero-order chi connectivity index (χ0) is 42.0. The van der Waals surface area contributed by atoms with Crippen LogP contribution in [0.4, 0.5) is 15.8 Å². The Morgan fingerprint density at radius 3 is 2.24 bits per heavy atom. The Bertz CT molecular complexity index is 2270. The molecule has 3 aromatic rings. The van der Waals surface area contributed by atoms with Crippen LogP contribution >= 0.6 is 11.6 Å². The molecular weight excluding hydrogens is 777 g/mol. The molecule has 5 amide bonds. The lowest BCUT2D eigenvalue weighted by molar-refractivity contribution is -0.164. The molecule has 1 aliphatic carbocycles. The fourth-order valence-corrected chi connectivity index (χ4v) is 10.3. The zero-order valence-electron chi connectivity index (χ0n) is 33.5. The number of hydrogen-bond donors (Lipinski definition) is 2. The fourth-order valence-electron chi connectivity index (χ4n) is 10.1. The van der Waals surface area contributed by atoms with Crippen molar-refractivity contribution in [2.75, 3.05) is 55.6 Å². The number of benzene rings is 3. The van der Waals surface area contributed by atoms with Crippen molar-refractivity contribution >= 4 is 52.5 Å². The second-order valence-electron chi connectivity index (χ2n) is 17.5. The summed E-state index contributed by atoms with van der Waals surface area (Å²) in [4.78, 5) is 71.6. The number of imide groups is 2. The van der Waals surface area contributed by atoms with Gasteiger partial charge in [0.15, 0.2) is 0 Å². The Hall–Kier alpha value is -5.52. The van der Waals surface area contributed by atoms with E-state index in [1.165, 1.54) is 6.07 Å². The first-order valence-corrected chi connectivity index (χ1v) is 20.5. The maximum Gasteiger partial charge on any atom is 0.262 e. The Balaban J connectivity index is 0.818. The summed E-state index contributed by atoms with van der Waals surface area (Å²) in [7, 11) is 0. The van der Waals surface area contributed by atoms with Gasteiger partial charge in [0, 0.05) is 86.4 Å². The normalized spacial score (nSPS) is 25.0. The lowest BCUT2D eigenvalue weighted by Crippen LogP contribution is -2.74. The van der Waals surface area contributed by atoms with Crippen LogP contribution in [0.1, 0.15) is 83.6 Å². The number of nitriles is 1. The van der Waals surface area contributed by atoms with Crippen molar-refractivity contribution in [3.05, 3.63) is 87.7 Å². The molecule has 4 fully saturated rings. The van der Waals surface area contributed by atoms with Gasteiger partial charge in [-0.3, -0.25) is 39.1 Å². The van der Waals surface area contributed by atoms with Crippen LogP contribution in [-0.2, 0) is 9.59 Å². The van der Waals surface area contributed by atoms with Crippen LogP contribution in [0.25, 0.3) is 0 Å². The van der Waals surface area contributed by atoms with Crippen LogP contribution < -0.4 is 25.2 Å². The number of carbonyl (C=O) groups is 5. The molecule has 0 aromatic heterocycles. The van der Waals surface area contributed by atoms with Crippen LogP contribution in [-0.4, -0.2) is 103 Å². The van der Waals surface area contributed by atoms with E-state index in [0.29, 0.717) is 35.0 Å². The van der Waals surface area contributed by atoms with E-state index in [2.05, 4.69) is 54.2 Å². The van der Waals surface area contributed by atoms with Gasteiger partial charge in [0.1, 0.15) is 29.8 Å². The smallest absolute Gasteiger partial charge is 0.262 e. The zero-order valence-corrected chi connectivity index (χ0v) is 34.3. The van der Waals surface area contributed by atoms with Crippen molar-refractivity contribution in [1.82, 2.24) is 20.4 Å². The minimum atomic E-state index is -1.10. The van der Waals surface area contributed by atoms with Gasteiger partial charge < -0.3 is 19.9 Å². The lowest BCUT2D eigenvalue weighted by Gasteiger charge is -2.63. The molecule has 4 heterocycles. The number of fused-ring (bicyclic) bond motifs is 1. The molecular formula is C44H47ClFN7O6. The lowest BCUT2D eigenvalue weighted by atomic mass is 9.49. The molecule has 0 bridgehead atoms. The van der Waals surface area contributed by atoms with Gasteiger partial charge in [-0.15, -0.1) is 0 Å². The molecule has 1 saturated carbocycles. The standard InChI is InChI=1S/C44H47ClFN7O6/c1-43(2)41(44(3,4)42(43)59-29-10-7-27(22-47)32(45)19-29)49-37(55)26-5-8-28(9-6-26)51-17-15-50(16-18-51)23-25-13-14-52(24-25)35-21-31-30(20-33(35)46)39(57)53(40(31)58)34-11-12-36(54)48-38(34)56/h5-10,19-21,25,34,41-42H,11-18,23-24H2,1-4H3,(H,49,55)(H,48,54,56)/t25-,34?,41-,42-/m1/s1. The van der Waals surface area contributed by atoms with Crippen molar-refractivity contribution in [3.8, 4) is 11.8 Å². The molecule has 2 N–H and O–H groups in total. The monoisotopic (exact) mass is 823 g/mol. The summed E-state index contributed by atoms with van der Waals surface area (Å²) in [6.07, 6.45) is 0.701. The highest BCUT2D eigenvalue weighted by Gasteiger charge is 2.64. The molecule has 4 aliphatic heterocycles. The maximum atomic E-state index is 15.5. The molecule has 13 nitrogen and oxygen atoms in total. The van der Waals surface area contributed by atoms with Gasteiger partial charge in [-0.25, -0.2) is 4.39 Å². The van der Waals surface area contributed by atoms with E-state index in [9.17, 15) is 29.2 Å². The van der Waals surface area contributed by atoms with Crippen LogP contribution in [0, 0.1) is 33.9 Å². The van der Waals surface area contributed by atoms with E-state index in [-0.39, 0.29) is 64.5 Å². The first kappa shape index (κ1) is 40.3. The third-order valence-corrected chi connectivity index (χ3v) is 13.3. The second kappa shape index (κ2) is 15.3. The molecule has 59 heavy (non-hydrogen) atoms. The van der Waals surface area contributed by atoms with Crippen molar-refractivity contribution in [2.45, 2.75) is 65.1 Å². The fraction of sp³-hybridized carbons (Fsp3) is 0.455. The van der Waals surface area contributed by atoms with E-state index >= 15 is 4.39 Å². The van der Waals surface area contributed by atoms with E-state index in [1.807, 2.05) is 29.2 Å². The Labute approximate surface area is 347 Å². The van der Waals surface area contributed by atoms with Gasteiger partial charge in [0.2, 0.25) is 11.8 Å². The number of piperazine rings is 1. The average molecular weight is 824 g/mol. The Morgan fingerprint density at radius 1 is 0.915 bits per heavy atom. The topological polar surface area (TPSA) is 155 Å². The summed E-state index contributed by atoms with van der Waals surface area (Å²) in [5.41, 5.74) is 1.53. The SMILES string of the molecule is CC1(C)[C@H](NC(=O)c2ccc(N3CCN(C[C@H]4CCN(c5cc6c(cc5F)C(=O)N(C5CCC(=O)NC5=O)C6=O)C4)CC3)cc2)C(C)(C)[C@H]1Oc1ccc(C#N)c(Cl)c1. The predicted octanol–water partition coefficient (Wildman–Crippen LogP) is 5.01. The number of amides is 5. The van der Waals surface area contributed by atoms with E-state index in [0.717, 1.165) is 55.8 Å². The van der Waals surface area contributed by atoms with Crippen LogP contribution in [0.15, 0.2) is 54.6 Å². The van der Waals surface area contributed by atoms with E-state index in [1.54, 1.807) is 18.2 Å². The molecule has 0 radical (unpaired) electrons. The summed E-state index contributed by atoms with van der Waals surface area (Å²) in [6, 6.07) is 16.1. The van der Waals surface area contributed by atoms with Gasteiger partial charge in [-0.1, -0.05) is 39.3 Å². The third kappa shape index (κ3) is 7.29. The van der Waals surface area contributed by atoms with Crippen LogP contribution in [0.5, 0.6) is 5.75 Å². The molecule has 5 aliphatic rings. The minimum Gasteiger partial charge on any atom is -0.489 e. The molecule has 3 saturated heterocycles. The summed E-state index contributed by atoms with van der Waals surface area (Å²) in [5.74, 6) is -2.40. The molecule has 2 atom stereocenters. The molecule has 8 rings (SSSR count). The number of ether oxygens (including phenoxy) is 1. The molecule has 0 spiro atoms. The number of nitrogens with one attached hydrogen (secondary N) is 2. The minimum absolute atomic E-state index is 0.0131. The Kier molecular flexibility index (Phi) is 10.4. The van der Waals surface area contributed by atoms with Crippen molar-refractivity contribution in [1.29, 1.82) is 5.26 Å². The van der Waals surface area contributed by atoms with E-state index in [4.69, 9.17) is 16.3 Å². The maximum absolute atomic E-state index is 15.5. The molecule has 3 aromatic carbocycles. The number of piperidine rings is 1.